The summed E-state index contributed by atoms with van der Waals surface area (Å²) in [6.07, 6.45) is 14.3. The molecular weight excluding hydrogens is 172 g/mol. The molecule has 1 heteroatoms. The molecule has 3 radical (unpaired) electrons. The lowest BCUT2D eigenvalue weighted by molar-refractivity contribution is 0.562. The van der Waals surface area contributed by atoms with Crippen molar-refractivity contribution in [2.75, 3.05) is 0 Å². The molecule has 0 unspecified atom stereocenters. The van der Waals surface area contributed by atoms with Crippen LogP contribution in [0.4, 0.5) is 0 Å². The number of unbranched alkanes of at least 4 members (excludes halogenated alkanes) is 9. The van der Waals surface area contributed by atoms with Gasteiger partial charge in [0, 0.05) is 10.2 Å². The van der Waals surface area contributed by atoms with E-state index in [1.54, 1.807) is 0 Å². The van der Waals surface area contributed by atoms with E-state index in [2.05, 4.69) is 17.2 Å². The standard InChI is InChI=1S/C12H25Si/c1-2-3-4-5-6-7-8-9-10-11-12-13/h2-12H2,1H3. The van der Waals surface area contributed by atoms with Crippen LogP contribution in [0, 0.1) is 0 Å². The minimum atomic E-state index is 1.18. The van der Waals surface area contributed by atoms with E-state index in [-0.39, 0.29) is 0 Å². The van der Waals surface area contributed by atoms with Crippen molar-refractivity contribution in [1.29, 1.82) is 0 Å². The van der Waals surface area contributed by atoms with Gasteiger partial charge in [-0.1, -0.05) is 77.2 Å². The van der Waals surface area contributed by atoms with Crippen LogP contribution in [0.5, 0.6) is 0 Å². The van der Waals surface area contributed by atoms with E-state index < -0.39 is 0 Å². The predicted molar refractivity (Wildman–Crippen MR) is 62.4 cm³/mol. The maximum atomic E-state index is 3.50. The van der Waals surface area contributed by atoms with Gasteiger partial charge in [0.2, 0.25) is 0 Å². The van der Waals surface area contributed by atoms with E-state index >= 15 is 0 Å². The molecule has 0 spiro atoms. The van der Waals surface area contributed by atoms with Crippen molar-refractivity contribution in [3.8, 4) is 0 Å². The van der Waals surface area contributed by atoms with E-state index in [9.17, 15) is 0 Å². The summed E-state index contributed by atoms with van der Waals surface area (Å²) < 4.78 is 0. The van der Waals surface area contributed by atoms with Crippen molar-refractivity contribution in [3.05, 3.63) is 0 Å². The van der Waals surface area contributed by atoms with Gasteiger partial charge in [-0.05, 0) is 0 Å². The quantitative estimate of drug-likeness (QED) is 0.357. The van der Waals surface area contributed by atoms with Crippen LogP contribution >= 0.6 is 0 Å². The zero-order chi connectivity index (χ0) is 9.78. The molecule has 0 aromatic rings. The molecule has 0 heterocycles. The molecule has 0 saturated carbocycles. The van der Waals surface area contributed by atoms with Gasteiger partial charge in [-0.2, -0.15) is 0 Å². The third-order valence-electron chi connectivity index (χ3n) is 2.53. The van der Waals surface area contributed by atoms with Crippen molar-refractivity contribution >= 4 is 10.2 Å². The Bertz CT molecular complexity index is 71.2. The van der Waals surface area contributed by atoms with Crippen LogP contribution in [0.3, 0.4) is 0 Å². The van der Waals surface area contributed by atoms with Gasteiger partial charge in [0.05, 0.1) is 0 Å². The Hall–Kier alpha value is 0.217. The van der Waals surface area contributed by atoms with E-state index in [1.165, 1.54) is 70.3 Å². The zero-order valence-electron chi connectivity index (χ0n) is 9.28. The van der Waals surface area contributed by atoms with Crippen molar-refractivity contribution in [2.45, 2.75) is 77.2 Å². The molecule has 0 atom stereocenters. The third-order valence-corrected chi connectivity index (χ3v) is 2.88. The van der Waals surface area contributed by atoms with Gasteiger partial charge in [0.1, 0.15) is 0 Å². The first-order valence-electron chi connectivity index (χ1n) is 6.06. The highest BCUT2D eigenvalue weighted by Gasteiger charge is 1.90. The summed E-state index contributed by atoms with van der Waals surface area (Å²) in [5.74, 6) is 0. The highest BCUT2D eigenvalue weighted by atomic mass is 28.1. The second-order valence-electron chi connectivity index (χ2n) is 3.93. The Labute approximate surface area is 87.9 Å². The summed E-state index contributed by atoms with van der Waals surface area (Å²) in [5, 5.41) is 0. The van der Waals surface area contributed by atoms with E-state index in [1.807, 2.05) is 0 Å². The second-order valence-corrected chi connectivity index (χ2v) is 4.43. The lowest BCUT2D eigenvalue weighted by Crippen LogP contribution is -1.81. The maximum Gasteiger partial charge on any atom is 0.0222 e. The van der Waals surface area contributed by atoms with E-state index in [0.29, 0.717) is 0 Å². The summed E-state index contributed by atoms with van der Waals surface area (Å²) >= 11 is 0. The molecule has 0 N–H and O–H groups in total. The van der Waals surface area contributed by atoms with Crippen molar-refractivity contribution in [2.24, 2.45) is 0 Å². The Balaban J connectivity index is 2.76. The van der Waals surface area contributed by atoms with Gasteiger partial charge < -0.3 is 0 Å². The molecule has 0 amide bonds. The Morgan fingerprint density at radius 2 is 1.00 bits per heavy atom. The van der Waals surface area contributed by atoms with Crippen LogP contribution in [-0.4, -0.2) is 10.2 Å². The van der Waals surface area contributed by atoms with Gasteiger partial charge in [-0.3, -0.25) is 0 Å². The Kier molecular flexibility index (Phi) is 12.4. The molecule has 0 aromatic carbocycles. The topological polar surface area (TPSA) is 0 Å². The molecular formula is C12H25Si. The molecule has 0 aliphatic rings. The lowest BCUT2D eigenvalue weighted by atomic mass is 10.1. The predicted octanol–water partition coefficient (Wildman–Crippen LogP) is 4.49. The van der Waals surface area contributed by atoms with E-state index in [0.717, 1.165) is 0 Å². The molecule has 13 heavy (non-hydrogen) atoms. The zero-order valence-corrected chi connectivity index (χ0v) is 10.3. The first-order valence-corrected chi connectivity index (χ1v) is 6.77. The Morgan fingerprint density at radius 3 is 1.38 bits per heavy atom. The number of hydrogen-bond donors (Lipinski definition) is 0. The summed E-state index contributed by atoms with van der Waals surface area (Å²) in [4.78, 5) is 0. The van der Waals surface area contributed by atoms with E-state index in [4.69, 9.17) is 0 Å². The molecule has 0 saturated heterocycles. The third kappa shape index (κ3) is 12.2. The summed E-state index contributed by atoms with van der Waals surface area (Å²) in [5.41, 5.74) is 0. The van der Waals surface area contributed by atoms with Crippen molar-refractivity contribution in [1.82, 2.24) is 0 Å². The van der Waals surface area contributed by atoms with Gasteiger partial charge in [0.15, 0.2) is 0 Å². The Morgan fingerprint density at radius 1 is 0.615 bits per heavy atom. The maximum absolute atomic E-state index is 3.50. The largest absolute Gasteiger partial charge is 0.0654 e. The summed E-state index contributed by atoms with van der Waals surface area (Å²) in [6.45, 7) is 2.28. The van der Waals surface area contributed by atoms with Gasteiger partial charge in [-0.25, -0.2) is 0 Å². The average molecular weight is 197 g/mol. The van der Waals surface area contributed by atoms with Crippen LogP contribution < -0.4 is 0 Å². The first-order chi connectivity index (χ1) is 6.41. The van der Waals surface area contributed by atoms with Crippen LogP contribution in [0.1, 0.15) is 71.1 Å². The minimum Gasteiger partial charge on any atom is -0.0654 e. The summed E-state index contributed by atoms with van der Waals surface area (Å²) in [6, 6.07) is 1.18. The number of hydrogen-bond acceptors (Lipinski definition) is 0. The molecule has 0 aromatic heterocycles. The molecule has 0 aliphatic heterocycles. The van der Waals surface area contributed by atoms with Gasteiger partial charge in [-0.15, -0.1) is 0 Å². The fourth-order valence-corrected chi connectivity index (χ4v) is 1.86. The normalized spacial score (nSPS) is 10.6. The fraction of sp³-hybridized carbons (Fsp3) is 1.00. The van der Waals surface area contributed by atoms with Crippen LogP contribution in [0.25, 0.3) is 0 Å². The monoisotopic (exact) mass is 197 g/mol. The first kappa shape index (κ1) is 13.2. The van der Waals surface area contributed by atoms with Crippen LogP contribution in [0.2, 0.25) is 6.04 Å². The average Bonchev–Trinajstić information content (AvgIpc) is 2.16. The summed E-state index contributed by atoms with van der Waals surface area (Å²) in [7, 11) is 3.50. The number of rotatable bonds is 10. The smallest absolute Gasteiger partial charge is 0.0222 e. The minimum absolute atomic E-state index is 1.18. The highest BCUT2D eigenvalue weighted by Crippen LogP contribution is 2.10. The molecule has 0 nitrogen and oxygen atoms in total. The van der Waals surface area contributed by atoms with Gasteiger partial charge >= 0.3 is 0 Å². The van der Waals surface area contributed by atoms with Crippen LogP contribution in [0.15, 0.2) is 0 Å². The SMILES string of the molecule is CCCCCCCCCCCC[Si]. The van der Waals surface area contributed by atoms with Crippen LogP contribution in [-0.2, 0) is 0 Å². The second kappa shape index (κ2) is 12.2. The molecule has 0 rings (SSSR count). The molecule has 0 aliphatic carbocycles. The lowest BCUT2D eigenvalue weighted by Gasteiger charge is -2.00. The van der Waals surface area contributed by atoms with Gasteiger partial charge in [0.25, 0.3) is 0 Å². The highest BCUT2D eigenvalue weighted by molar-refractivity contribution is 6.08. The molecule has 77 valence electrons. The van der Waals surface area contributed by atoms with Crippen molar-refractivity contribution < 1.29 is 0 Å². The molecule has 0 fully saturated rings. The van der Waals surface area contributed by atoms with Crippen molar-refractivity contribution in [3.63, 3.8) is 0 Å². The molecule has 0 bridgehead atoms. The fourth-order valence-electron chi connectivity index (χ4n) is 1.61.